The average Bonchev–Trinajstić information content (AvgIpc) is 2.92. The van der Waals surface area contributed by atoms with E-state index in [-0.39, 0.29) is 6.10 Å². The summed E-state index contributed by atoms with van der Waals surface area (Å²) < 4.78 is 0. The maximum absolute atomic E-state index is 10.3. The van der Waals surface area contributed by atoms with Gasteiger partial charge in [-0.3, -0.25) is 9.80 Å². The molecule has 3 unspecified atom stereocenters. The van der Waals surface area contributed by atoms with E-state index in [0.717, 1.165) is 24.6 Å². The molecule has 3 rings (SSSR count). The molecule has 2 aliphatic heterocycles. The predicted molar refractivity (Wildman–Crippen MR) is 81.6 cm³/mol. The number of piperazine rings is 1. The third kappa shape index (κ3) is 3.05. The van der Waals surface area contributed by atoms with Crippen molar-refractivity contribution in [2.45, 2.75) is 44.4 Å². The molecule has 3 heteroatoms. The minimum absolute atomic E-state index is 0.329. The monoisotopic (exact) mass is 274 g/mol. The smallest absolute Gasteiger partial charge is 0.0802 e. The van der Waals surface area contributed by atoms with Crippen molar-refractivity contribution < 1.29 is 5.11 Å². The summed E-state index contributed by atoms with van der Waals surface area (Å²) in [6, 6.07) is 11.4. The molecule has 110 valence electrons. The number of benzene rings is 1. The van der Waals surface area contributed by atoms with Crippen molar-refractivity contribution in [3.05, 3.63) is 35.9 Å². The minimum atomic E-state index is -0.329. The molecule has 0 radical (unpaired) electrons. The largest absolute Gasteiger partial charge is 0.388 e. The van der Waals surface area contributed by atoms with Crippen molar-refractivity contribution in [1.82, 2.24) is 9.80 Å². The van der Waals surface area contributed by atoms with Gasteiger partial charge >= 0.3 is 0 Å². The van der Waals surface area contributed by atoms with Gasteiger partial charge in [0.15, 0.2) is 0 Å². The molecule has 0 saturated carbocycles. The summed E-state index contributed by atoms with van der Waals surface area (Å²) in [5, 5.41) is 10.3. The minimum Gasteiger partial charge on any atom is -0.388 e. The van der Waals surface area contributed by atoms with E-state index in [0.29, 0.717) is 6.04 Å². The molecule has 3 nitrogen and oxygen atoms in total. The number of nitrogens with zero attached hydrogens (tertiary/aromatic N) is 2. The lowest BCUT2D eigenvalue weighted by Gasteiger charge is -2.42. The second-order valence-corrected chi connectivity index (χ2v) is 6.35. The molecule has 1 N–H and O–H groups in total. The van der Waals surface area contributed by atoms with Gasteiger partial charge in [-0.25, -0.2) is 0 Å². The lowest BCUT2D eigenvalue weighted by molar-refractivity contribution is 0.0459. The summed E-state index contributed by atoms with van der Waals surface area (Å²) in [4.78, 5) is 5.22. The highest BCUT2D eigenvalue weighted by atomic mass is 16.3. The second kappa shape index (κ2) is 6.25. The van der Waals surface area contributed by atoms with Gasteiger partial charge in [-0.1, -0.05) is 30.3 Å². The summed E-state index contributed by atoms with van der Waals surface area (Å²) in [7, 11) is 0. The molecular weight excluding hydrogens is 248 g/mol. The maximum atomic E-state index is 10.3. The zero-order valence-corrected chi connectivity index (χ0v) is 12.4. The van der Waals surface area contributed by atoms with Crippen molar-refractivity contribution in [2.75, 3.05) is 26.2 Å². The van der Waals surface area contributed by atoms with E-state index in [9.17, 15) is 5.11 Å². The van der Waals surface area contributed by atoms with Crippen LogP contribution in [0, 0.1) is 0 Å². The van der Waals surface area contributed by atoms with E-state index in [2.05, 4.69) is 16.7 Å². The fourth-order valence-corrected chi connectivity index (χ4v) is 3.69. The number of hydrogen-bond acceptors (Lipinski definition) is 3. The first-order chi connectivity index (χ1) is 9.74. The molecule has 2 saturated heterocycles. The first-order valence-electron chi connectivity index (χ1n) is 7.95. The van der Waals surface area contributed by atoms with Crippen molar-refractivity contribution in [3.63, 3.8) is 0 Å². The van der Waals surface area contributed by atoms with Gasteiger partial charge < -0.3 is 5.11 Å². The van der Waals surface area contributed by atoms with Gasteiger partial charge in [0, 0.05) is 31.7 Å². The lowest BCUT2D eigenvalue weighted by Crippen LogP contribution is -2.55. The van der Waals surface area contributed by atoms with E-state index >= 15 is 0 Å². The molecule has 2 heterocycles. The third-order valence-corrected chi connectivity index (χ3v) is 4.94. The topological polar surface area (TPSA) is 26.7 Å². The number of rotatable bonds is 4. The van der Waals surface area contributed by atoms with Crippen LogP contribution in [0.1, 0.15) is 37.9 Å². The number of hydrogen-bond donors (Lipinski definition) is 1. The van der Waals surface area contributed by atoms with Crippen molar-refractivity contribution in [2.24, 2.45) is 0 Å². The van der Waals surface area contributed by atoms with Crippen LogP contribution < -0.4 is 0 Å². The Morgan fingerprint density at radius 3 is 2.85 bits per heavy atom. The van der Waals surface area contributed by atoms with Crippen LogP contribution in [-0.2, 0) is 0 Å². The van der Waals surface area contributed by atoms with E-state index in [4.69, 9.17) is 0 Å². The van der Waals surface area contributed by atoms with Crippen LogP contribution in [0.2, 0.25) is 0 Å². The van der Waals surface area contributed by atoms with E-state index < -0.39 is 0 Å². The molecule has 1 aromatic carbocycles. The average molecular weight is 274 g/mol. The Bertz CT molecular complexity index is 422. The summed E-state index contributed by atoms with van der Waals surface area (Å²) in [5.74, 6) is 0. The Morgan fingerprint density at radius 1 is 1.25 bits per heavy atom. The van der Waals surface area contributed by atoms with E-state index in [1.54, 1.807) is 0 Å². The van der Waals surface area contributed by atoms with Crippen LogP contribution in [0.4, 0.5) is 0 Å². The number of aliphatic hydroxyl groups is 1. The van der Waals surface area contributed by atoms with Gasteiger partial charge in [-0.05, 0) is 38.3 Å². The molecule has 2 aliphatic rings. The fraction of sp³-hybridized carbons (Fsp3) is 0.647. The van der Waals surface area contributed by atoms with Gasteiger partial charge in [0.25, 0.3) is 0 Å². The predicted octanol–water partition coefficient (Wildman–Crippen LogP) is 2.28. The molecule has 0 amide bonds. The normalized spacial score (nSPS) is 29.3. The van der Waals surface area contributed by atoms with Crippen LogP contribution in [0.15, 0.2) is 30.3 Å². The summed E-state index contributed by atoms with van der Waals surface area (Å²) >= 11 is 0. The zero-order chi connectivity index (χ0) is 13.9. The van der Waals surface area contributed by atoms with Gasteiger partial charge in [0.1, 0.15) is 0 Å². The van der Waals surface area contributed by atoms with Gasteiger partial charge in [-0.15, -0.1) is 0 Å². The molecule has 3 atom stereocenters. The maximum Gasteiger partial charge on any atom is 0.0802 e. The molecule has 1 aromatic rings. The Balaban J connectivity index is 1.53. The van der Waals surface area contributed by atoms with Crippen LogP contribution in [0.25, 0.3) is 0 Å². The third-order valence-electron chi connectivity index (χ3n) is 4.94. The van der Waals surface area contributed by atoms with E-state index in [1.165, 1.54) is 32.5 Å². The first-order valence-corrected chi connectivity index (χ1v) is 7.95. The lowest BCUT2D eigenvalue weighted by atomic mass is 10.0. The molecule has 20 heavy (non-hydrogen) atoms. The second-order valence-electron chi connectivity index (χ2n) is 6.35. The van der Waals surface area contributed by atoms with E-state index in [1.807, 2.05) is 30.3 Å². The number of fused-ring (bicyclic) bond motifs is 1. The van der Waals surface area contributed by atoms with Crippen LogP contribution in [-0.4, -0.2) is 53.2 Å². The molecule has 0 spiro atoms. The highest BCUT2D eigenvalue weighted by molar-refractivity contribution is 5.17. The quantitative estimate of drug-likeness (QED) is 0.912. The molecule has 0 aliphatic carbocycles. The van der Waals surface area contributed by atoms with Crippen LogP contribution in [0.3, 0.4) is 0 Å². The van der Waals surface area contributed by atoms with Gasteiger partial charge in [0.2, 0.25) is 0 Å². The van der Waals surface area contributed by atoms with Crippen molar-refractivity contribution in [1.29, 1.82) is 0 Å². The Hall–Kier alpha value is -0.900. The Kier molecular flexibility index (Phi) is 4.39. The summed E-state index contributed by atoms with van der Waals surface area (Å²) in [6.45, 7) is 7.00. The van der Waals surface area contributed by atoms with Crippen molar-refractivity contribution >= 4 is 0 Å². The Morgan fingerprint density at radius 2 is 2.05 bits per heavy atom. The summed E-state index contributed by atoms with van der Waals surface area (Å²) in [6.07, 6.45) is 3.22. The molecule has 0 aromatic heterocycles. The number of aliphatic hydroxyl groups excluding tert-OH is 1. The zero-order valence-electron chi connectivity index (χ0n) is 12.4. The molecule has 0 bridgehead atoms. The SMILES string of the molecule is CC1CN2CCCC2CN1CCC(O)c1ccccc1. The molecule has 2 fully saturated rings. The Labute approximate surface area is 122 Å². The van der Waals surface area contributed by atoms with Crippen molar-refractivity contribution in [3.8, 4) is 0 Å². The summed E-state index contributed by atoms with van der Waals surface area (Å²) in [5.41, 5.74) is 1.04. The highest BCUT2D eigenvalue weighted by Crippen LogP contribution is 2.25. The highest BCUT2D eigenvalue weighted by Gasteiger charge is 2.34. The van der Waals surface area contributed by atoms with Gasteiger partial charge in [0.05, 0.1) is 6.10 Å². The standard InChI is InChI=1S/C17H26N2O/c1-14-12-19-10-5-8-16(19)13-18(14)11-9-17(20)15-6-3-2-4-7-15/h2-4,6-7,14,16-17,20H,5,8-13H2,1H3. The van der Waals surface area contributed by atoms with Crippen LogP contribution >= 0.6 is 0 Å². The first kappa shape index (κ1) is 14.1. The molecular formula is C17H26N2O. The van der Waals surface area contributed by atoms with Gasteiger partial charge in [-0.2, -0.15) is 0 Å². The van der Waals surface area contributed by atoms with Crippen LogP contribution in [0.5, 0.6) is 0 Å². The fourth-order valence-electron chi connectivity index (χ4n) is 3.69.